The van der Waals surface area contributed by atoms with Gasteiger partial charge in [-0.25, -0.2) is 0 Å². The molecule has 1 fully saturated rings. The molecule has 1 atom stereocenters. The fraction of sp³-hybridized carbons (Fsp3) is 0.333. The number of carbonyl (C=O) groups excluding carboxylic acids is 2. The van der Waals surface area contributed by atoms with E-state index in [-0.39, 0.29) is 11.8 Å². The molecule has 3 N–H and O–H groups in total. The molecule has 0 saturated carbocycles. The Morgan fingerprint density at radius 3 is 2.83 bits per heavy atom. The van der Waals surface area contributed by atoms with Crippen LogP contribution in [0.3, 0.4) is 0 Å². The number of nitrogen functional groups attached to an aromatic ring is 1. The molecule has 1 aliphatic rings. The van der Waals surface area contributed by atoms with Crippen molar-refractivity contribution < 1.29 is 9.59 Å². The number of anilines is 1. The van der Waals surface area contributed by atoms with E-state index < -0.39 is 6.04 Å². The summed E-state index contributed by atoms with van der Waals surface area (Å²) in [6.45, 7) is 0.676. The summed E-state index contributed by atoms with van der Waals surface area (Å²) in [6.07, 6.45) is 0.650. The number of amides is 2. The highest BCUT2D eigenvalue weighted by molar-refractivity contribution is 9.10. The first-order valence-electron chi connectivity index (χ1n) is 5.60. The maximum Gasteiger partial charge on any atom is 0.251 e. The van der Waals surface area contributed by atoms with Crippen LogP contribution in [0.15, 0.2) is 22.7 Å². The Morgan fingerprint density at radius 2 is 2.28 bits per heavy atom. The molecule has 2 rings (SSSR count). The fourth-order valence-corrected chi connectivity index (χ4v) is 2.25. The monoisotopic (exact) mass is 311 g/mol. The standard InChI is InChI=1S/C12H14BrN3O2/c1-16-5-4-10(12(16)18)15-11(17)7-2-3-9(14)8(13)6-7/h2-3,6,10H,4-5,14H2,1H3,(H,15,17). The summed E-state index contributed by atoms with van der Waals surface area (Å²) in [5, 5.41) is 2.73. The number of nitrogens with two attached hydrogens (primary N) is 1. The zero-order valence-corrected chi connectivity index (χ0v) is 11.5. The molecule has 2 amide bonds. The Balaban J connectivity index is 2.08. The van der Waals surface area contributed by atoms with Gasteiger partial charge in [0.2, 0.25) is 5.91 Å². The van der Waals surface area contributed by atoms with E-state index in [4.69, 9.17) is 5.73 Å². The fourth-order valence-electron chi connectivity index (χ4n) is 1.87. The molecule has 0 spiro atoms. The van der Waals surface area contributed by atoms with Crippen LogP contribution in [0.5, 0.6) is 0 Å². The summed E-state index contributed by atoms with van der Waals surface area (Å²) in [7, 11) is 1.73. The summed E-state index contributed by atoms with van der Waals surface area (Å²) >= 11 is 3.27. The normalized spacial score (nSPS) is 19.1. The van der Waals surface area contributed by atoms with Crippen LogP contribution in [0.1, 0.15) is 16.8 Å². The van der Waals surface area contributed by atoms with E-state index in [1.54, 1.807) is 30.1 Å². The number of benzene rings is 1. The summed E-state index contributed by atoms with van der Waals surface area (Å²) < 4.78 is 0.671. The molecule has 1 unspecified atom stereocenters. The minimum Gasteiger partial charge on any atom is -0.398 e. The van der Waals surface area contributed by atoms with E-state index >= 15 is 0 Å². The van der Waals surface area contributed by atoms with Crippen LogP contribution in [0.4, 0.5) is 5.69 Å². The van der Waals surface area contributed by atoms with E-state index in [2.05, 4.69) is 21.2 Å². The predicted octanol–water partition coefficient (Wildman–Crippen LogP) is 0.992. The Labute approximate surface area is 113 Å². The Kier molecular flexibility index (Phi) is 3.56. The highest BCUT2D eigenvalue weighted by Crippen LogP contribution is 2.20. The van der Waals surface area contributed by atoms with Gasteiger partial charge in [0.25, 0.3) is 5.91 Å². The van der Waals surface area contributed by atoms with Gasteiger partial charge >= 0.3 is 0 Å². The molecular weight excluding hydrogens is 298 g/mol. The van der Waals surface area contributed by atoms with Crippen molar-refractivity contribution in [3.8, 4) is 0 Å². The van der Waals surface area contributed by atoms with Gasteiger partial charge in [0.05, 0.1) is 0 Å². The number of hydrogen-bond donors (Lipinski definition) is 2. The first kappa shape index (κ1) is 12.9. The summed E-state index contributed by atoms with van der Waals surface area (Å²) in [4.78, 5) is 25.3. The molecule has 0 aliphatic carbocycles. The van der Waals surface area contributed by atoms with Crippen molar-refractivity contribution in [2.75, 3.05) is 19.3 Å². The number of likely N-dealkylation sites (tertiary alicyclic amines) is 1. The van der Waals surface area contributed by atoms with Gasteiger partial charge < -0.3 is 16.0 Å². The molecule has 96 valence electrons. The largest absolute Gasteiger partial charge is 0.398 e. The quantitative estimate of drug-likeness (QED) is 0.800. The maximum atomic E-state index is 12.0. The lowest BCUT2D eigenvalue weighted by Crippen LogP contribution is -2.40. The van der Waals surface area contributed by atoms with Gasteiger partial charge in [0.1, 0.15) is 6.04 Å². The molecule has 1 aromatic rings. The molecule has 6 heteroatoms. The van der Waals surface area contributed by atoms with Gasteiger partial charge in [-0.15, -0.1) is 0 Å². The first-order valence-corrected chi connectivity index (χ1v) is 6.39. The molecule has 18 heavy (non-hydrogen) atoms. The molecule has 1 heterocycles. The average molecular weight is 312 g/mol. The second kappa shape index (κ2) is 4.97. The SMILES string of the molecule is CN1CCC(NC(=O)c2ccc(N)c(Br)c2)C1=O. The molecular formula is C12H14BrN3O2. The van der Waals surface area contributed by atoms with Crippen LogP contribution >= 0.6 is 15.9 Å². The third kappa shape index (κ3) is 2.48. The molecule has 5 nitrogen and oxygen atoms in total. The maximum absolute atomic E-state index is 12.0. The van der Waals surface area contributed by atoms with Gasteiger partial charge in [-0.05, 0) is 40.5 Å². The second-order valence-corrected chi connectivity index (χ2v) is 5.17. The smallest absolute Gasteiger partial charge is 0.251 e. The van der Waals surface area contributed by atoms with Gasteiger partial charge in [-0.1, -0.05) is 0 Å². The van der Waals surface area contributed by atoms with Crippen LogP contribution in [0.2, 0.25) is 0 Å². The molecule has 1 saturated heterocycles. The first-order chi connectivity index (χ1) is 8.49. The third-order valence-corrected chi connectivity index (χ3v) is 3.68. The van der Waals surface area contributed by atoms with Gasteiger partial charge in [0.15, 0.2) is 0 Å². The van der Waals surface area contributed by atoms with Crippen molar-refractivity contribution in [2.45, 2.75) is 12.5 Å². The number of rotatable bonds is 2. The number of carbonyl (C=O) groups is 2. The zero-order chi connectivity index (χ0) is 13.3. The highest BCUT2D eigenvalue weighted by Gasteiger charge is 2.30. The topological polar surface area (TPSA) is 75.4 Å². The van der Waals surface area contributed by atoms with Crippen LogP contribution in [-0.2, 0) is 4.79 Å². The minimum absolute atomic E-state index is 0.0436. The highest BCUT2D eigenvalue weighted by atomic mass is 79.9. The van der Waals surface area contributed by atoms with Crippen LogP contribution in [-0.4, -0.2) is 36.3 Å². The molecule has 0 aromatic heterocycles. The predicted molar refractivity (Wildman–Crippen MR) is 72.1 cm³/mol. The molecule has 0 bridgehead atoms. The van der Waals surface area contributed by atoms with Crippen molar-refractivity contribution in [1.29, 1.82) is 0 Å². The van der Waals surface area contributed by atoms with Crippen molar-refractivity contribution >= 4 is 33.4 Å². The second-order valence-electron chi connectivity index (χ2n) is 4.31. The van der Waals surface area contributed by atoms with Gasteiger partial charge in [-0.3, -0.25) is 9.59 Å². The number of likely N-dealkylation sites (N-methyl/N-ethyl adjacent to an activating group) is 1. The van der Waals surface area contributed by atoms with E-state index in [0.717, 1.165) is 0 Å². The molecule has 1 aliphatic heterocycles. The zero-order valence-electron chi connectivity index (χ0n) is 9.94. The van der Waals surface area contributed by atoms with Crippen LogP contribution in [0, 0.1) is 0 Å². The lowest BCUT2D eigenvalue weighted by atomic mass is 10.1. The summed E-state index contributed by atoms with van der Waals surface area (Å²) in [5.41, 5.74) is 6.71. The number of nitrogens with zero attached hydrogens (tertiary/aromatic N) is 1. The number of halogens is 1. The lowest BCUT2D eigenvalue weighted by molar-refractivity contribution is -0.128. The molecule has 0 radical (unpaired) electrons. The van der Waals surface area contributed by atoms with Crippen molar-refractivity contribution in [1.82, 2.24) is 10.2 Å². The van der Waals surface area contributed by atoms with E-state index in [1.165, 1.54) is 0 Å². The van der Waals surface area contributed by atoms with Gasteiger partial charge in [0, 0.05) is 29.3 Å². The lowest BCUT2D eigenvalue weighted by Gasteiger charge is -2.12. The Hall–Kier alpha value is -1.56. The van der Waals surface area contributed by atoms with Crippen molar-refractivity contribution in [3.05, 3.63) is 28.2 Å². The summed E-state index contributed by atoms with van der Waals surface area (Å²) in [6, 6.07) is 4.52. The Bertz CT molecular complexity index is 504. The Morgan fingerprint density at radius 1 is 1.56 bits per heavy atom. The van der Waals surface area contributed by atoms with Gasteiger partial charge in [-0.2, -0.15) is 0 Å². The number of nitrogens with one attached hydrogen (secondary N) is 1. The van der Waals surface area contributed by atoms with E-state index in [1.807, 2.05) is 0 Å². The summed E-state index contributed by atoms with van der Waals surface area (Å²) in [5.74, 6) is -0.304. The van der Waals surface area contributed by atoms with Crippen molar-refractivity contribution in [2.24, 2.45) is 0 Å². The number of hydrogen-bond acceptors (Lipinski definition) is 3. The minimum atomic E-state index is -0.418. The van der Waals surface area contributed by atoms with E-state index in [9.17, 15) is 9.59 Å². The van der Waals surface area contributed by atoms with Crippen LogP contribution < -0.4 is 11.1 Å². The van der Waals surface area contributed by atoms with E-state index in [0.29, 0.717) is 28.7 Å². The third-order valence-electron chi connectivity index (χ3n) is 3.00. The average Bonchev–Trinajstić information content (AvgIpc) is 2.64. The van der Waals surface area contributed by atoms with Crippen LogP contribution in [0.25, 0.3) is 0 Å². The van der Waals surface area contributed by atoms with Crippen molar-refractivity contribution in [3.63, 3.8) is 0 Å². The molecule has 1 aromatic carbocycles.